The Morgan fingerprint density at radius 3 is 2.00 bits per heavy atom. The predicted molar refractivity (Wildman–Crippen MR) is 89.9 cm³/mol. The van der Waals surface area contributed by atoms with E-state index in [0.29, 0.717) is 5.78 Å². The second kappa shape index (κ2) is 7.47. The van der Waals surface area contributed by atoms with Crippen LogP contribution < -0.4 is 0 Å². The van der Waals surface area contributed by atoms with Crippen LogP contribution in [0.2, 0.25) is 0 Å². The zero-order valence-electron chi connectivity index (χ0n) is 14.4. The van der Waals surface area contributed by atoms with E-state index in [1.165, 1.54) is 51.4 Å². The van der Waals surface area contributed by atoms with Gasteiger partial charge in [-0.25, -0.2) is 0 Å². The molecule has 0 amide bonds. The molecule has 4 aliphatic rings. The van der Waals surface area contributed by atoms with Gasteiger partial charge in [0.25, 0.3) is 0 Å². The molecule has 0 aromatic heterocycles. The lowest BCUT2D eigenvalue weighted by Crippen LogP contribution is -2.52. The van der Waals surface area contributed by atoms with Crippen molar-refractivity contribution in [1.29, 1.82) is 0 Å². The molecule has 126 valence electrons. The summed E-state index contributed by atoms with van der Waals surface area (Å²) in [5.74, 6) is 3.35. The van der Waals surface area contributed by atoms with Crippen molar-refractivity contribution in [3.05, 3.63) is 0 Å². The Bertz CT molecular complexity index is 339. The molecule has 0 aromatic carbocycles. The molecule has 4 aliphatic carbocycles. The minimum Gasteiger partial charge on any atom is -0.375 e. The summed E-state index contributed by atoms with van der Waals surface area (Å²) in [5, 5.41) is 0. The largest absolute Gasteiger partial charge is 0.375 e. The summed E-state index contributed by atoms with van der Waals surface area (Å²) >= 11 is 0. The topological polar surface area (TPSA) is 26.3 Å². The molecular weight excluding hydrogens is 272 g/mol. The fourth-order valence-corrected chi connectivity index (χ4v) is 5.62. The fourth-order valence-electron chi connectivity index (χ4n) is 5.62. The Kier molecular flexibility index (Phi) is 5.60. The van der Waals surface area contributed by atoms with E-state index in [4.69, 9.17) is 4.74 Å². The Labute approximate surface area is 136 Å². The zero-order valence-corrected chi connectivity index (χ0v) is 14.4. The van der Waals surface area contributed by atoms with Crippen molar-refractivity contribution in [2.24, 2.45) is 17.8 Å². The molecule has 0 spiro atoms. The van der Waals surface area contributed by atoms with Crippen molar-refractivity contribution in [3.8, 4) is 0 Å². The first-order valence-electron chi connectivity index (χ1n) is 9.85. The summed E-state index contributed by atoms with van der Waals surface area (Å²) in [6, 6.07) is 0. The van der Waals surface area contributed by atoms with E-state index in [-0.39, 0.29) is 5.60 Å². The van der Waals surface area contributed by atoms with Crippen LogP contribution in [0.15, 0.2) is 0 Å². The second-order valence-electron chi connectivity index (χ2n) is 8.40. The Morgan fingerprint density at radius 1 is 0.909 bits per heavy atom. The molecule has 0 heterocycles. The SMILES string of the molecule is CCCCCC(=O)CCCCOC12CC3CC(CC(C3)C1)C2. The molecule has 4 bridgehead atoms. The molecule has 4 saturated carbocycles. The highest BCUT2D eigenvalue weighted by atomic mass is 16.5. The highest BCUT2D eigenvalue weighted by molar-refractivity contribution is 5.78. The van der Waals surface area contributed by atoms with Crippen LogP contribution in [0.3, 0.4) is 0 Å². The molecule has 0 saturated heterocycles. The Balaban J connectivity index is 1.30. The zero-order chi connectivity index (χ0) is 15.4. The Hall–Kier alpha value is -0.370. The van der Waals surface area contributed by atoms with E-state index in [2.05, 4.69) is 6.92 Å². The number of rotatable bonds is 10. The van der Waals surface area contributed by atoms with Gasteiger partial charge in [-0.05, 0) is 75.5 Å². The Morgan fingerprint density at radius 2 is 1.45 bits per heavy atom. The van der Waals surface area contributed by atoms with Crippen LogP contribution in [0.25, 0.3) is 0 Å². The van der Waals surface area contributed by atoms with Crippen molar-refractivity contribution in [2.75, 3.05) is 6.61 Å². The molecule has 4 fully saturated rings. The van der Waals surface area contributed by atoms with Gasteiger partial charge in [-0.15, -0.1) is 0 Å². The molecular formula is C20H34O2. The minimum absolute atomic E-state index is 0.250. The molecule has 2 nitrogen and oxygen atoms in total. The van der Waals surface area contributed by atoms with E-state index >= 15 is 0 Å². The second-order valence-corrected chi connectivity index (χ2v) is 8.40. The highest BCUT2D eigenvalue weighted by Crippen LogP contribution is 2.57. The van der Waals surface area contributed by atoms with Gasteiger partial charge in [-0.3, -0.25) is 4.79 Å². The number of unbranched alkanes of at least 4 members (excludes halogenated alkanes) is 3. The fraction of sp³-hybridized carbons (Fsp3) is 0.950. The van der Waals surface area contributed by atoms with Crippen molar-refractivity contribution in [1.82, 2.24) is 0 Å². The van der Waals surface area contributed by atoms with Gasteiger partial charge < -0.3 is 4.74 Å². The standard InChI is InChI=1S/C20H34O2/c1-2-3-4-7-19(21)8-5-6-9-22-20-13-16-10-17(14-20)12-18(11-16)15-20/h16-18H,2-15H2,1H3. The summed E-state index contributed by atoms with van der Waals surface area (Å²) < 4.78 is 6.41. The van der Waals surface area contributed by atoms with E-state index in [0.717, 1.165) is 56.5 Å². The molecule has 0 aromatic rings. The molecule has 4 rings (SSSR count). The average Bonchev–Trinajstić information content (AvgIpc) is 2.45. The van der Waals surface area contributed by atoms with Gasteiger partial charge in [0.1, 0.15) is 5.78 Å². The van der Waals surface area contributed by atoms with Crippen LogP contribution >= 0.6 is 0 Å². The van der Waals surface area contributed by atoms with Gasteiger partial charge in [-0.2, -0.15) is 0 Å². The summed E-state index contributed by atoms with van der Waals surface area (Å²) in [7, 11) is 0. The third-order valence-electron chi connectivity index (χ3n) is 6.30. The number of hydrogen-bond acceptors (Lipinski definition) is 2. The van der Waals surface area contributed by atoms with Crippen molar-refractivity contribution < 1.29 is 9.53 Å². The quantitative estimate of drug-likeness (QED) is 0.512. The maximum absolute atomic E-state index is 11.8. The summed E-state index contributed by atoms with van der Waals surface area (Å²) in [6.07, 6.45) is 15.6. The normalized spacial score (nSPS) is 36.0. The lowest BCUT2D eigenvalue weighted by atomic mass is 9.54. The lowest BCUT2D eigenvalue weighted by molar-refractivity contribution is -0.162. The van der Waals surface area contributed by atoms with Gasteiger partial charge in [0.15, 0.2) is 0 Å². The molecule has 0 N–H and O–H groups in total. The van der Waals surface area contributed by atoms with Crippen molar-refractivity contribution >= 4 is 5.78 Å². The molecule has 2 heteroatoms. The van der Waals surface area contributed by atoms with Crippen LogP contribution in [0.5, 0.6) is 0 Å². The van der Waals surface area contributed by atoms with Crippen LogP contribution in [-0.4, -0.2) is 18.0 Å². The maximum Gasteiger partial charge on any atom is 0.132 e. The van der Waals surface area contributed by atoms with Gasteiger partial charge in [0.2, 0.25) is 0 Å². The first-order valence-corrected chi connectivity index (χ1v) is 9.85. The van der Waals surface area contributed by atoms with E-state index < -0.39 is 0 Å². The first-order chi connectivity index (χ1) is 10.7. The number of Topliss-reactive ketones (excluding diaryl/α,β-unsaturated/α-hetero) is 1. The number of hydrogen-bond donors (Lipinski definition) is 0. The number of carbonyl (C=O) groups excluding carboxylic acids is 1. The monoisotopic (exact) mass is 306 g/mol. The summed E-state index contributed by atoms with van der Waals surface area (Å²) in [4.78, 5) is 11.8. The van der Waals surface area contributed by atoms with E-state index in [1.807, 2.05) is 0 Å². The number of ketones is 1. The number of carbonyl (C=O) groups is 1. The molecule has 22 heavy (non-hydrogen) atoms. The lowest BCUT2D eigenvalue weighted by Gasteiger charge is -2.56. The summed E-state index contributed by atoms with van der Waals surface area (Å²) in [6.45, 7) is 3.07. The summed E-state index contributed by atoms with van der Waals surface area (Å²) in [5.41, 5.74) is 0.250. The van der Waals surface area contributed by atoms with Crippen molar-refractivity contribution in [3.63, 3.8) is 0 Å². The van der Waals surface area contributed by atoms with E-state index in [9.17, 15) is 4.79 Å². The van der Waals surface area contributed by atoms with Crippen LogP contribution in [0, 0.1) is 17.8 Å². The average molecular weight is 306 g/mol. The molecule has 0 radical (unpaired) electrons. The molecule has 0 aliphatic heterocycles. The number of ether oxygens (including phenoxy) is 1. The predicted octanol–water partition coefficient (Wildman–Crippen LogP) is 5.29. The van der Waals surface area contributed by atoms with Gasteiger partial charge in [0, 0.05) is 19.4 Å². The van der Waals surface area contributed by atoms with Gasteiger partial charge >= 0.3 is 0 Å². The molecule has 0 atom stereocenters. The highest BCUT2D eigenvalue weighted by Gasteiger charge is 2.51. The van der Waals surface area contributed by atoms with Crippen LogP contribution in [0.4, 0.5) is 0 Å². The smallest absolute Gasteiger partial charge is 0.132 e. The van der Waals surface area contributed by atoms with Crippen molar-refractivity contribution in [2.45, 2.75) is 96.0 Å². The van der Waals surface area contributed by atoms with Crippen LogP contribution in [-0.2, 0) is 9.53 Å². The molecule has 0 unspecified atom stereocenters. The van der Waals surface area contributed by atoms with Gasteiger partial charge in [-0.1, -0.05) is 19.8 Å². The first kappa shape index (κ1) is 16.5. The van der Waals surface area contributed by atoms with Crippen LogP contribution in [0.1, 0.15) is 90.4 Å². The third-order valence-corrected chi connectivity index (χ3v) is 6.30. The van der Waals surface area contributed by atoms with E-state index in [1.54, 1.807) is 0 Å². The van der Waals surface area contributed by atoms with Gasteiger partial charge in [0.05, 0.1) is 5.60 Å². The minimum atomic E-state index is 0.250. The third kappa shape index (κ3) is 4.13. The maximum atomic E-state index is 11.8.